The minimum atomic E-state index is -4.87. The number of nitrogens with one attached hydrogen (secondary N) is 2. The molecule has 0 radical (unpaired) electrons. The molecule has 0 aliphatic rings. The molecule has 0 aliphatic heterocycles. The monoisotopic (exact) mass is 588 g/mol. The molecule has 202 valence electrons. The van der Waals surface area contributed by atoms with E-state index >= 15 is 0 Å². The Morgan fingerprint density at radius 1 is 0.897 bits per heavy atom. The summed E-state index contributed by atoms with van der Waals surface area (Å²) in [5.74, 6) is 0.317. The van der Waals surface area contributed by atoms with E-state index in [1.54, 1.807) is 18.2 Å². The summed E-state index contributed by atoms with van der Waals surface area (Å²) in [6.45, 7) is 0.216. The maximum atomic E-state index is 13.2. The van der Waals surface area contributed by atoms with Crippen molar-refractivity contribution in [3.05, 3.63) is 93.6 Å². The van der Waals surface area contributed by atoms with Gasteiger partial charge in [-0.1, -0.05) is 59.6 Å². The van der Waals surface area contributed by atoms with Gasteiger partial charge in [-0.2, -0.15) is 13.4 Å². The normalized spacial score (nSPS) is 11.3. The summed E-state index contributed by atoms with van der Waals surface area (Å²) in [7, 11) is -4.87. The van der Waals surface area contributed by atoms with Gasteiger partial charge in [-0.3, -0.25) is 0 Å². The lowest BCUT2D eigenvalue weighted by Crippen LogP contribution is -2.28. The number of carbonyl (C=O) groups excluding carboxylic acids is 1. The van der Waals surface area contributed by atoms with Gasteiger partial charge in [0.2, 0.25) is 5.95 Å². The molecule has 2 amide bonds. The lowest BCUT2D eigenvalue weighted by atomic mass is 9.99. The number of rotatable bonds is 8. The number of aryl methyl sites for hydroxylation is 2. The minimum absolute atomic E-state index is 0.0732. The molecule has 39 heavy (non-hydrogen) atoms. The second-order valence-electron chi connectivity index (χ2n) is 8.51. The van der Waals surface area contributed by atoms with E-state index in [0.29, 0.717) is 34.1 Å². The first-order valence-corrected chi connectivity index (χ1v) is 13.7. The molecule has 4 aromatic rings. The molecule has 9 nitrogen and oxygen atoms in total. The van der Waals surface area contributed by atoms with Crippen LogP contribution < -0.4 is 22.1 Å². The Labute approximate surface area is 234 Å². The number of urea groups is 1. The van der Waals surface area contributed by atoms with Gasteiger partial charge in [0.05, 0.1) is 15.7 Å². The highest BCUT2D eigenvalue weighted by Gasteiger charge is 2.16. The first-order chi connectivity index (χ1) is 18.5. The average molecular weight is 589 g/mol. The Hall–Kier alpha value is -3.93. The molecule has 0 saturated heterocycles. The Balaban J connectivity index is 1.38. The molecule has 1 heterocycles. The van der Waals surface area contributed by atoms with Crippen LogP contribution in [-0.2, 0) is 29.6 Å². The predicted molar refractivity (Wildman–Crippen MR) is 151 cm³/mol. The third kappa shape index (κ3) is 7.34. The second-order valence-corrected chi connectivity index (χ2v) is 10.7. The number of amides is 2. The molecule has 3 aromatic carbocycles. The number of nitrogen functional groups attached to an aromatic ring is 2. The molecule has 1 aromatic heterocycles. The lowest BCUT2D eigenvalue weighted by Gasteiger charge is -2.13. The van der Waals surface area contributed by atoms with Crippen LogP contribution in [0.2, 0.25) is 10.0 Å². The first-order valence-electron chi connectivity index (χ1n) is 11.5. The largest absolute Gasteiger partial charge is 0.383 e. The van der Waals surface area contributed by atoms with Crippen molar-refractivity contribution in [2.45, 2.75) is 24.3 Å². The Kier molecular flexibility index (Phi) is 8.54. The topological polar surface area (TPSA) is 153 Å². The van der Waals surface area contributed by atoms with Crippen LogP contribution in [0.3, 0.4) is 0 Å². The number of nitrogens with zero attached hydrogens (tertiary/aromatic N) is 2. The highest BCUT2D eigenvalue weighted by atomic mass is 35.5. The van der Waals surface area contributed by atoms with Crippen molar-refractivity contribution in [1.29, 1.82) is 0 Å². The van der Waals surface area contributed by atoms with Crippen molar-refractivity contribution in [3.8, 4) is 11.1 Å². The van der Waals surface area contributed by atoms with E-state index in [1.165, 1.54) is 12.1 Å². The van der Waals surface area contributed by atoms with Crippen molar-refractivity contribution in [1.82, 2.24) is 15.3 Å². The lowest BCUT2D eigenvalue weighted by molar-refractivity contribution is 0.251. The van der Waals surface area contributed by atoms with Gasteiger partial charge in [-0.15, -0.1) is 3.89 Å². The standard InChI is InChI=1S/C26H23Cl2FN6O3S/c27-20-10-9-17(12-21(20)28)23-22(34-25(31)35-24(23)30)11-8-15-4-6-16(7-5-15)14-32-26(36)33-18-2-1-3-19(13-18)39(29,37)38/h1-7,9-10,12-13H,8,11,14H2,(H2,32,33,36)(H4,30,31,34,35). The van der Waals surface area contributed by atoms with Gasteiger partial charge in [-0.25, -0.2) is 9.78 Å². The molecule has 4 rings (SSSR count). The van der Waals surface area contributed by atoms with Crippen molar-refractivity contribution in [3.63, 3.8) is 0 Å². The summed E-state index contributed by atoms with van der Waals surface area (Å²) < 4.78 is 35.3. The van der Waals surface area contributed by atoms with E-state index in [2.05, 4.69) is 20.6 Å². The number of benzene rings is 3. The van der Waals surface area contributed by atoms with E-state index in [9.17, 15) is 17.1 Å². The average Bonchev–Trinajstić information content (AvgIpc) is 2.88. The summed E-state index contributed by atoms with van der Waals surface area (Å²) in [6, 6.07) is 17.1. The number of aromatic nitrogens is 2. The van der Waals surface area contributed by atoms with Gasteiger partial charge < -0.3 is 22.1 Å². The molecule has 0 saturated carbocycles. The van der Waals surface area contributed by atoms with Gasteiger partial charge in [0.1, 0.15) is 10.7 Å². The third-order valence-electron chi connectivity index (χ3n) is 5.74. The van der Waals surface area contributed by atoms with Gasteiger partial charge in [0.25, 0.3) is 0 Å². The van der Waals surface area contributed by atoms with Crippen LogP contribution >= 0.6 is 23.2 Å². The van der Waals surface area contributed by atoms with Crippen molar-refractivity contribution in [2.24, 2.45) is 0 Å². The SMILES string of the molecule is Nc1nc(N)c(-c2ccc(Cl)c(Cl)c2)c(CCc2ccc(CNC(=O)Nc3cccc(S(=O)(=O)F)c3)cc2)n1. The zero-order valence-electron chi connectivity index (χ0n) is 20.3. The van der Waals surface area contributed by atoms with Crippen LogP contribution in [0.25, 0.3) is 11.1 Å². The fourth-order valence-corrected chi connectivity index (χ4v) is 4.67. The highest BCUT2D eigenvalue weighted by Crippen LogP contribution is 2.33. The number of anilines is 3. The molecule has 0 spiro atoms. The van der Waals surface area contributed by atoms with Crippen molar-refractivity contribution in [2.75, 3.05) is 16.8 Å². The summed E-state index contributed by atoms with van der Waals surface area (Å²) in [5, 5.41) is 5.96. The zero-order valence-corrected chi connectivity index (χ0v) is 22.6. The Morgan fingerprint density at radius 2 is 1.62 bits per heavy atom. The molecule has 6 N–H and O–H groups in total. The first kappa shape index (κ1) is 28.1. The third-order valence-corrected chi connectivity index (χ3v) is 7.29. The van der Waals surface area contributed by atoms with E-state index in [1.807, 2.05) is 24.3 Å². The second kappa shape index (κ2) is 11.9. The molecule has 0 unspecified atom stereocenters. The van der Waals surface area contributed by atoms with Gasteiger partial charge in [-0.05, 0) is 59.9 Å². The summed E-state index contributed by atoms with van der Waals surface area (Å²) >= 11 is 12.2. The minimum Gasteiger partial charge on any atom is -0.383 e. The molecule has 0 bridgehead atoms. The molecular formula is C26H23Cl2FN6O3S. The molecule has 0 aliphatic carbocycles. The van der Waals surface area contributed by atoms with Crippen molar-refractivity contribution >= 4 is 56.9 Å². The molecule has 13 heteroatoms. The van der Waals surface area contributed by atoms with Gasteiger partial charge in [0, 0.05) is 17.8 Å². The zero-order chi connectivity index (χ0) is 28.2. The number of carbonyl (C=O) groups is 1. The predicted octanol–water partition coefficient (Wildman–Crippen LogP) is 5.38. The summed E-state index contributed by atoms with van der Waals surface area (Å²) in [4.78, 5) is 20.2. The van der Waals surface area contributed by atoms with E-state index < -0.39 is 21.1 Å². The van der Waals surface area contributed by atoms with E-state index in [0.717, 1.165) is 28.8 Å². The summed E-state index contributed by atoms with van der Waals surface area (Å²) in [6.07, 6.45) is 1.16. The van der Waals surface area contributed by atoms with Crippen molar-refractivity contribution < 1.29 is 17.1 Å². The van der Waals surface area contributed by atoms with Crippen LogP contribution in [0.4, 0.5) is 26.1 Å². The van der Waals surface area contributed by atoms with Crippen LogP contribution in [0.1, 0.15) is 16.8 Å². The quantitative estimate of drug-likeness (QED) is 0.201. The van der Waals surface area contributed by atoms with Gasteiger partial charge in [0.15, 0.2) is 0 Å². The summed E-state index contributed by atoms with van der Waals surface area (Å²) in [5.41, 5.74) is 16.1. The Morgan fingerprint density at radius 3 is 2.31 bits per heavy atom. The smallest absolute Gasteiger partial charge is 0.332 e. The highest BCUT2D eigenvalue weighted by molar-refractivity contribution is 7.86. The fraction of sp³-hybridized carbons (Fsp3) is 0.115. The van der Waals surface area contributed by atoms with E-state index in [4.69, 9.17) is 34.7 Å². The fourth-order valence-electron chi connectivity index (χ4n) is 3.86. The van der Waals surface area contributed by atoms with Gasteiger partial charge >= 0.3 is 16.3 Å². The molecule has 0 fully saturated rings. The number of hydrogen-bond acceptors (Lipinski definition) is 7. The number of halogens is 3. The van der Waals surface area contributed by atoms with Crippen LogP contribution in [-0.4, -0.2) is 24.4 Å². The molecular weight excluding hydrogens is 566 g/mol. The van der Waals surface area contributed by atoms with Crippen LogP contribution in [0.5, 0.6) is 0 Å². The van der Waals surface area contributed by atoms with E-state index in [-0.39, 0.29) is 24.0 Å². The van der Waals surface area contributed by atoms with Crippen LogP contribution in [0.15, 0.2) is 71.6 Å². The molecule has 0 atom stereocenters. The maximum absolute atomic E-state index is 13.2. The number of nitrogens with two attached hydrogens (primary N) is 2. The Bertz CT molecular complexity index is 1640. The number of hydrogen-bond donors (Lipinski definition) is 4. The maximum Gasteiger partial charge on any atom is 0.332 e. The van der Waals surface area contributed by atoms with Crippen LogP contribution in [0, 0.1) is 0 Å².